The number of aromatic nitrogens is 2. The summed E-state index contributed by atoms with van der Waals surface area (Å²) in [5.41, 5.74) is 1.24. The second kappa shape index (κ2) is 7.66. The van der Waals surface area contributed by atoms with E-state index in [1.807, 2.05) is 11.8 Å². The molecule has 0 atom stereocenters. The van der Waals surface area contributed by atoms with Gasteiger partial charge in [0.1, 0.15) is 5.69 Å². The first-order valence-corrected chi connectivity index (χ1v) is 9.14. The van der Waals surface area contributed by atoms with E-state index in [0.717, 1.165) is 18.7 Å². The predicted molar refractivity (Wildman–Crippen MR) is 94.5 cm³/mol. The molecule has 2 aliphatic heterocycles. The van der Waals surface area contributed by atoms with Gasteiger partial charge >= 0.3 is 0 Å². The molecule has 0 saturated carbocycles. The number of likely N-dealkylation sites (tertiary alicyclic amines) is 1. The predicted octanol–water partition coefficient (Wildman–Crippen LogP) is 2.22. The molecule has 0 unspecified atom stereocenters. The van der Waals surface area contributed by atoms with Crippen molar-refractivity contribution in [3.8, 4) is 0 Å². The fraction of sp³-hybridized carbons (Fsp3) is 0.722. The van der Waals surface area contributed by atoms with Crippen LogP contribution in [0.15, 0.2) is 6.07 Å². The number of carbonyl (C=O) groups is 1. The number of aryl methyl sites for hydroxylation is 1. The Kier molecular flexibility index (Phi) is 5.54. The Bertz CT molecular complexity index is 604. The van der Waals surface area contributed by atoms with Gasteiger partial charge in [-0.05, 0) is 25.3 Å². The van der Waals surface area contributed by atoms with Crippen LogP contribution in [0.1, 0.15) is 49.3 Å². The van der Waals surface area contributed by atoms with E-state index in [4.69, 9.17) is 9.47 Å². The zero-order valence-corrected chi connectivity index (χ0v) is 15.4. The molecule has 1 N–H and O–H groups in total. The van der Waals surface area contributed by atoms with Crippen LogP contribution >= 0.6 is 0 Å². The zero-order valence-electron chi connectivity index (χ0n) is 15.4. The van der Waals surface area contributed by atoms with E-state index in [1.165, 1.54) is 0 Å². The molecule has 7 nitrogen and oxygen atoms in total. The first-order chi connectivity index (χ1) is 12.0. The quantitative estimate of drug-likeness (QED) is 0.879. The normalized spacial score (nSPS) is 19.6. The average molecular weight is 348 g/mol. The monoisotopic (exact) mass is 348 g/mol. The topological polar surface area (TPSA) is 76.6 Å². The highest BCUT2D eigenvalue weighted by Gasteiger charge is 2.41. The van der Waals surface area contributed by atoms with Crippen molar-refractivity contribution in [2.24, 2.45) is 5.92 Å². The van der Waals surface area contributed by atoms with Gasteiger partial charge in [0.25, 0.3) is 5.91 Å². The number of ether oxygens (including phenoxy) is 2. The highest BCUT2D eigenvalue weighted by atomic mass is 16.7. The molecule has 1 amide bonds. The minimum atomic E-state index is -0.470. The molecule has 3 rings (SSSR count). The van der Waals surface area contributed by atoms with Gasteiger partial charge in [-0.15, -0.1) is 0 Å². The molecule has 1 spiro atoms. The largest absolute Gasteiger partial charge is 0.354 e. The molecule has 7 heteroatoms. The fourth-order valence-electron chi connectivity index (χ4n) is 3.23. The minimum Gasteiger partial charge on any atom is -0.354 e. The van der Waals surface area contributed by atoms with Gasteiger partial charge in [-0.3, -0.25) is 4.79 Å². The molecular weight excluding hydrogens is 320 g/mol. The second-order valence-electron chi connectivity index (χ2n) is 7.23. The van der Waals surface area contributed by atoms with E-state index in [1.54, 1.807) is 6.07 Å². The van der Waals surface area contributed by atoms with Crippen molar-refractivity contribution < 1.29 is 14.3 Å². The van der Waals surface area contributed by atoms with Gasteiger partial charge in [0.2, 0.25) is 5.95 Å². The molecule has 0 aliphatic carbocycles. The molecule has 25 heavy (non-hydrogen) atoms. The first kappa shape index (κ1) is 18.1. The highest BCUT2D eigenvalue weighted by Crippen LogP contribution is 2.31. The molecule has 2 saturated heterocycles. The Morgan fingerprint density at radius 3 is 2.60 bits per heavy atom. The number of carbonyl (C=O) groups excluding carboxylic acids is 1. The highest BCUT2D eigenvalue weighted by molar-refractivity contribution is 5.92. The van der Waals surface area contributed by atoms with Crippen molar-refractivity contribution in [1.29, 1.82) is 0 Å². The standard InChI is InChI=1S/C18H28N4O3/c1-13(2)4-7-19-17-20-14(3)12-15(21-17)16(23)22-8-5-18(6-9-22)24-10-11-25-18/h12-13H,4-11H2,1-3H3,(H,19,20,21). The molecule has 2 aliphatic rings. The van der Waals surface area contributed by atoms with Crippen molar-refractivity contribution in [2.75, 3.05) is 38.2 Å². The van der Waals surface area contributed by atoms with Crippen LogP contribution in [0.2, 0.25) is 0 Å². The number of hydrogen-bond donors (Lipinski definition) is 1. The van der Waals surface area contributed by atoms with E-state index in [0.29, 0.717) is 56.7 Å². The molecule has 138 valence electrons. The summed E-state index contributed by atoms with van der Waals surface area (Å²) in [6.45, 7) is 9.57. The van der Waals surface area contributed by atoms with Gasteiger partial charge < -0.3 is 19.7 Å². The zero-order chi connectivity index (χ0) is 17.9. The number of amides is 1. The van der Waals surface area contributed by atoms with Crippen LogP contribution in [0, 0.1) is 12.8 Å². The Balaban J connectivity index is 1.62. The average Bonchev–Trinajstić information content (AvgIpc) is 3.02. The van der Waals surface area contributed by atoms with Gasteiger partial charge in [0.05, 0.1) is 13.2 Å². The van der Waals surface area contributed by atoms with Crippen molar-refractivity contribution in [3.05, 3.63) is 17.5 Å². The van der Waals surface area contributed by atoms with Gasteiger partial charge in [-0.25, -0.2) is 9.97 Å². The third-order valence-electron chi connectivity index (χ3n) is 4.70. The molecular formula is C18H28N4O3. The summed E-state index contributed by atoms with van der Waals surface area (Å²) in [6, 6.07) is 1.75. The SMILES string of the molecule is Cc1cc(C(=O)N2CCC3(CC2)OCCO3)nc(NCCC(C)C)n1. The third kappa shape index (κ3) is 4.46. The number of hydrogen-bond acceptors (Lipinski definition) is 6. The molecule has 1 aromatic heterocycles. The second-order valence-corrected chi connectivity index (χ2v) is 7.23. The Labute approximate surface area is 149 Å². The molecule has 2 fully saturated rings. The summed E-state index contributed by atoms with van der Waals surface area (Å²) < 4.78 is 11.4. The van der Waals surface area contributed by atoms with E-state index in [9.17, 15) is 4.79 Å². The van der Waals surface area contributed by atoms with Crippen molar-refractivity contribution in [3.63, 3.8) is 0 Å². The number of piperidine rings is 1. The number of anilines is 1. The lowest BCUT2D eigenvalue weighted by molar-refractivity contribution is -0.181. The molecule has 0 radical (unpaired) electrons. The van der Waals surface area contributed by atoms with Gasteiger partial charge in [-0.2, -0.15) is 0 Å². The first-order valence-electron chi connectivity index (χ1n) is 9.14. The molecule has 3 heterocycles. The Morgan fingerprint density at radius 1 is 1.28 bits per heavy atom. The number of nitrogens with one attached hydrogen (secondary N) is 1. The van der Waals surface area contributed by atoms with Gasteiger partial charge in [0.15, 0.2) is 5.79 Å². The third-order valence-corrected chi connectivity index (χ3v) is 4.70. The summed E-state index contributed by atoms with van der Waals surface area (Å²) >= 11 is 0. The number of rotatable bonds is 5. The lowest BCUT2D eigenvalue weighted by atomic mass is 10.0. The van der Waals surface area contributed by atoms with E-state index < -0.39 is 5.79 Å². The lowest BCUT2D eigenvalue weighted by Crippen LogP contribution is -2.47. The van der Waals surface area contributed by atoms with E-state index >= 15 is 0 Å². The van der Waals surface area contributed by atoms with Crippen LogP contribution < -0.4 is 5.32 Å². The van der Waals surface area contributed by atoms with Crippen LogP contribution in [-0.4, -0.2) is 59.4 Å². The van der Waals surface area contributed by atoms with Gasteiger partial charge in [-0.1, -0.05) is 13.8 Å². The van der Waals surface area contributed by atoms with Crippen LogP contribution in [0.25, 0.3) is 0 Å². The van der Waals surface area contributed by atoms with Crippen LogP contribution in [-0.2, 0) is 9.47 Å². The van der Waals surface area contributed by atoms with Gasteiger partial charge in [0, 0.05) is 38.2 Å². The lowest BCUT2D eigenvalue weighted by Gasteiger charge is -2.37. The van der Waals surface area contributed by atoms with Crippen molar-refractivity contribution >= 4 is 11.9 Å². The maximum Gasteiger partial charge on any atom is 0.272 e. The fourth-order valence-corrected chi connectivity index (χ4v) is 3.23. The van der Waals surface area contributed by atoms with Crippen LogP contribution in [0.5, 0.6) is 0 Å². The summed E-state index contributed by atoms with van der Waals surface area (Å²) in [5.74, 6) is 0.617. The maximum atomic E-state index is 12.8. The van der Waals surface area contributed by atoms with Crippen molar-refractivity contribution in [2.45, 2.75) is 45.8 Å². The Hall–Kier alpha value is -1.73. The summed E-state index contributed by atoms with van der Waals surface area (Å²) in [5, 5.41) is 3.22. The molecule has 1 aromatic rings. The summed E-state index contributed by atoms with van der Waals surface area (Å²) in [4.78, 5) is 23.4. The summed E-state index contributed by atoms with van der Waals surface area (Å²) in [6.07, 6.45) is 2.46. The Morgan fingerprint density at radius 2 is 1.96 bits per heavy atom. The minimum absolute atomic E-state index is 0.0507. The molecule has 0 aromatic carbocycles. The van der Waals surface area contributed by atoms with Crippen LogP contribution in [0.3, 0.4) is 0 Å². The van der Waals surface area contributed by atoms with Crippen molar-refractivity contribution in [1.82, 2.24) is 14.9 Å². The van der Waals surface area contributed by atoms with E-state index in [-0.39, 0.29) is 5.91 Å². The smallest absolute Gasteiger partial charge is 0.272 e. The van der Waals surface area contributed by atoms with Crippen LogP contribution in [0.4, 0.5) is 5.95 Å². The van der Waals surface area contributed by atoms with E-state index in [2.05, 4.69) is 29.1 Å². The summed E-state index contributed by atoms with van der Waals surface area (Å²) in [7, 11) is 0. The molecule has 0 bridgehead atoms. The number of nitrogens with zero attached hydrogens (tertiary/aromatic N) is 3. The maximum absolute atomic E-state index is 12.8.